The first-order chi connectivity index (χ1) is 9.72. The minimum absolute atomic E-state index is 0.0187. The third-order valence-electron chi connectivity index (χ3n) is 3.71. The Labute approximate surface area is 117 Å². The number of nitrogens with one attached hydrogen (secondary N) is 2. The number of anilines is 2. The normalized spacial score (nSPS) is 15.8. The third-order valence-corrected chi connectivity index (χ3v) is 3.71. The zero-order valence-corrected chi connectivity index (χ0v) is 11.3. The predicted molar refractivity (Wildman–Crippen MR) is 76.2 cm³/mol. The van der Waals surface area contributed by atoms with Crippen LogP contribution in [0.5, 0.6) is 0 Å². The number of rotatable bonds is 6. The summed E-state index contributed by atoms with van der Waals surface area (Å²) in [6, 6.07) is 0. The van der Waals surface area contributed by atoms with Crippen molar-refractivity contribution in [1.82, 2.24) is 9.97 Å². The Kier molecular flexibility index (Phi) is 5.05. The van der Waals surface area contributed by atoms with Crippen LogP contribution in [0.3, 0.4) is 0 Å². The number of hydrazine groups is 1. The van der Waals surface area contributed by atoms with Crippen LogP contribution >= 0.6 is 0 Å². The number of nitrogens with two attached hydrogens (primary N) is 1. The maximum Gasteiger partial charge on any atom is 0.354 e. The van der Waals surface area contributed by atoms with Crippen molar-refractivity contribution in [3.05, 3.63) is 16.4 Å². The number of hydrogen-bond acceptors (Lipinski definition) is 7. The van der Waals surface area contributed by atoms with Crippen molar-refractivity contribution in [1.29, 1.82) is 0 Å². The van der Waals surface area contributed by atoms with E-state index in [0.29, 0.717) is 12.5 Å². The summed E-state index contributed by atoms with van der Waals surface area (Å²) in [5, 5.41) is 14.1. The zero-order valence-electron chi connectivity index (χ0n) is 11.3. The van der Waals surface area contributed by atoms with Gasteiger partial charge in [-0.25, -0.2) is 15.8 Å². The highest BCUT2D eigenvalue weighted by Crippen LogP contribution is 2.29. The maximum atomic E-state index is 11.1. The molecular weight excluding hydrogens is 260 g/mol. The molecule has 0 aliphatic heterocycles. The number of nitrogens with zero attached hydrogens (tertiary/aromatic N) is 3. The lowest BCUT2D eigenvalue weighted by atomic mass is 9.87. The Morgan fingerprint density at radius 1 is 1.30 bits per heavy atom. The van der Waals surface area contributed by atoms with Crippen molar-refractivity contribution in [3.8, 4) is 0 Å². The van der Waals surface area contributed by atoms with Crippen LogP contribution in [0.15, 0.2) is 6.33 Å². The molecule has 8 heteroatoms. The van der Waals surface area contributed by atoms with Gasteiger partial charge in [-0.1, -0.05) is 32.1 Å². The van der Waals surface area contributed by atoms with E-state index >= 15 is 0 Å². The summed E-state index contributed by atoms with van der Waals surface area (Å²) in [7, 11) is 0. The smallest absolute Gasteiger partial charge is 0.354 e. The van der Waals surface area contributed by atoms with E-state index < -0.39 is 4.92 Å². The van der Waals surface area contributed by atoms with E-state index in [1.165, 1.54) is 38.4 Å². The molecule has 1 aliphatic rings. The minimum Gasteiger partial charge on any atom is -0.364 e. The van der Waals surface area contributed by atoms with Crippen LogP contribution < -0.4 is 16.6 Å². The first kappa shape index (κ1) is 14.4. The molecule has 2 rings (SSSR count). The molecule has 1 aromatic rings. The average Bonchev–Trinajstić information content (AvgIpc) is 2.47. The van der Waals surface area contributed by atoms with Gasteiger partial charge in [0.2, 0.25) is 11.6 Å². The molecule has 0 amide bonds. The average molecular weight is 280 g/mol. The molecule has 1 aliphatic carbocycles. The second-order valence-electron chi connectivity index (χ2n) is 5.04. The van der Waals surface area contributed by atoms with Crippen LogP contribution in [0, 0.1) is 16.0 Å². The molecule has 8 nitrogen and oxygen atoms in total. The fraction of sp³-hybridized carbons (Fsp3) is 0.667. The monoisotopic (exact) mass is 280 g/mol. The molecule has 0 saturated heterocycles. The van der Waals surface area contributed by atoms with Crippen LogP contribution in [-0.2, 0) is 0 Å². The summed E-state index contributed by atoms with van der Waals surface area (Å²) in [6.07, 6.45) is 8.68. The highest BCUT2D eigenvalue weighted by atomic mass is 16.6. The summed E-state index contributed by atoms with van der Waals surface area (Å²) in [5.41, 5.74) is 2.01. The van der Waals surface area contributed by atoms with E-state index in [4.69, 9.17) is 5.84 Å². The van der Waals surface area contributed by atoms with Gasteiger partial charge in [-0.3, -0.25) is 10.1 Å². The standard InChI is InChI=1S/C12H20N6O2/c13-17-12-10(18(19)20)11(15-8-16-12)14-7-6-9-4-2-1-3-5-9/h8-9H,1-7,13H2,(H2,14,15,16,17). The minimum atomic E-state index is -0.530. The quantitative estimate of drug-likeness (QED) is 0.414. The van der Waals surface area contributed by atoms with Crippen LogP contribution in [0.4, 0.5) is 17.3 Å². The summed E-state index contributed by atoms with van der Waals surface area (Å²) in [5.74, 6) is 6.18. The molecule has 0 radical (unpaired) electrons. The molecule has 0 spiro atoms. The molecule has 1 fully saturated rings. The molecule has 1 aromatic heterocycles. The van der Waals surface area contributed by atoms with E-state index in [1.807, 2.05) is 0 Å². The van der Waals surface area contributed by atoms with E-state index in [9.17, 15) is 10.1 Å². The third kappa shape index (κ3) is 3.53. The second-order valence-corrected chi connectivity index (χ2v) is 5.04. The molecule has 20 heavy (non-hydrogen) atoms. The van der Waals surface area contributed by atoms with Gasteiger partial charge < -0.3 is 10.7 Å². The Morgan fingerprint density at radius 2 is 2.00 bits per heavy atom. The van der Waals surface area contributed by atoms with Crippen molar-refractivity contribution < 1.29 is 4.92 Å². The lowest BCUT2D eigenvalue weighted by molar-refractivity contribution is -0.383. The molecule has 0 unspecified atom stereocenters. The summed E-state index contributed by atoms with van der Waals surface area (Å²) < 4.78 is 0. The summed E-state index contributed by atoms with van der Waals surface area (Å²) in [6.45, 7) is 0.673. The summed E-state index contributed by atoms with van der Waals surface area (Å²) >= 11 is 0. The van der Waals surface area contributed by atoms with Crippen LogP contribution in [0.1, 0.15) is 38.5 Å². The van der Waals surface area contributed by atoms with Gasteiger partial charge in [0.1, 0.15) is 6.33 Å². The van der Waals surface area contributed by atoms with Gasteiger partial charge >= 0.3 is 5.69 Å². The Bertz CT molecular complexity index is 461. The van der Waals surface area contributed by atoms with Crippen molar-refractivity contribution in [2.24, 2.45) is 11.8 Å². The zero-order chi connectivity index (χ0) is 14.4. The van der Waals surface area contributed by atoms with Gasteiger partial charge in [0, 0.05) is 6.54 Å². The maximum absolute atomic E-state index is 11.1. The van der Waals surface area contributed by atoms with Gasteiger partial charge in [0.25, 0.3) is 0 Å². The molecule has 0 aromatic carbocycles. The van der Waals surface area contributed by atoms with Crippen LogP contribution in [0.25, 0.3) is 0 Å². The van der Waals surface area contributed by atoms with E-state index in [0.717, 1.165) is 6.42 Å². The molecular formula is C12H20N6O2. The fourth-order valence-electron chi connectivity index (χ4n) is 2.66. The van der Waals surface area contributed by atoms with Crippen LogP contribution in [-0.4, -0.2) is 21.4 Å². The Balaban J connectivity index is 1.96. The van der Waals surface area contributed by atoms with Gasteiger partial charge in [-0.05, 0) is 12.3 Å². The first-order valence-electron chi connectivity index (χ1n) is 6.92. The molecule has 110 valence electrons. The number of hydrogen-bond donors (Lipinski definition) is 3. The summed E-state index contributed by atoms with van der Waals surface area (Å²) in [4.78, 5) is 18.2. The highest BCUT2D eigenvalue weighted by Gasteiger charge is 2.22. The molecule has 1 heterocycles. The van der Waals surface area contributed by atoms with E-state index in [2.05, 4.69) is 20.7 Å². The Hall–Kier alpha value is -1.96. The van der Waals surface area contributed by atoms with Gasteiger partial charge in [-0.2, -0.15) is 0 Å². The lowest BCUT2D eigenvalue weighted by Crippen LogP contribution is -2.16. The predicted octanol–water partition coefficient (Wildman–Crippen LogP) is 2.05. The van der Waals surface area contributed by atoms with Crippen LogP contribution in [0.2, 0.25) is 0 Å². The number of nitrogen functional groups attached to an aromatic ring is 1. The van der Waals surface area contributed by atoms with Crippen molar-refractivity contribution in [2.45, 2.75) is 38.5 Å². The topological polar surface area (TPSA) is 119 Å². The SMILES string of the molecule is NNc1ncnc(NCCC2CCCCC2)c1[N+](=O)[O-]. The van der Waals surface area contributed by atoms with Crippen molar-refractivity contribution >= 4 is 17.3 Å². The lowest BCUT2D eigenvalue weighted by Gasteiger charge is -2.21. The largest absolute Gasteiger partial charge is 0.364 e. The second kappa shape index (κ2) is 6.99. The Morgan fingerprint density at radius 3 is 2.65 bits per heavy atom. The molecule has 0 bridgehead atoms. The fourth-order valence-corrected chi connectivity index (χ4v) is 2.66. The highest BCUT2D eigenvalue weighted by molar-refractivity contribution is 5.68. The van der Waals surface area contributed by atoms with Gasteiger partial charge in [0.05, 0.1) is 4.92 Å². The molecule has 0 atom stereocenters. The van der Waals surface area contributed by atoms with Gasteiger partial charge in [0.15, 0.2) is 0 Å². The number of aromatic nitrogens is 2. The van der Waals surface area contributed by atoms with E-state index in [-0.39, 0.29) is 17.3 Å². The number of nitro groups is 1. The molecule has 1 saturated carbocycles. The first-order valence-corrected chi connectivity index (χ1v) is 6.92. The van der Waals surface area contributed by atoms with Crippen molar-refractivity contribution in [3.63, 3.8) is 0 Å². The van der Waals surface area contributed by atoms with E-state index in [1.54, 1.807) is 0 Å². The molecule has 4 N–H and O–H groups in total. The van der Waals surface area contributed by atoms with Crippen molar-refractivity contribution in [2.75, 3.05) is 17.3 Å². The van der Waals surface area contributed by atoms with Gasteiger partial charge in [-0.15, -0.1) is 0 Å².